The monoisotopic (exact) mass is 157 g/mol. The van der Waals surface area contributed by atoms with Crippen LogP contribution in [0.5, 0.6) is 0 Å². The van der Waals surface area contributed by atoms with E-state index in [9.17, 15) is 9.59 Å². The van der Waals surface area contributed by atoms with Crippen LogP contribution in [0.3, 0.4) is 0 Å². The fourth-order valence-corrected chi connectivity index (χ4v) is 0.786. The molecule has 0 heterocycles. The van der Waals surface area contributed by atoms with Crippen molar-refractivity contribution in [3.63, 3.8) is 0 Å². The average Bonchev–Trinajstić information content (AvgIpc) is 1.86. The Morgan fingerprint density at radius 3 is 2.36 bits per heavy atom. The molecule has 0 saturated heterocycles. The van der Waals surface area contributed by atoms with Gasteiger partial charge < -0.3 is 5.73 Å². The lowest BCUT2D eigenvalue weighted by Crippen LogP contribution is -2.12. The zero-order chi connectivity index (χ0) is 8.85. The molecule has 0 aromatic rings. The topological polar surface area (TPSA) is 60.2 Å². The first kappa shape index (κ1) is 10.1. The standard InChI is InChI=1S/C8H15NO2/c1-6(7(2)10)4-3-5-8(9)11/h6H,3-5H2,1-2H3,(H2,9,11). The minimum Gasteiger partial charge on any atom is -0.370 e. The van der Waals surface area contributed by atoms with Crippen molar-refractivity contribution >= 4 is 11.7 Å². The molecule has 0 aliphatic carbocycles. The van der Waals surface area contributed by atoms with E-state index in [1.54, 1.807) is 6.92 Å². The highest BCUT2D eigenvalue weighted by Gasteiger charge is 2.06. The van der Waals surface area contributed by atoms with Gasteiger partial charge >= 0.3 is 0 Å². The average molecular weight is 157 g/mol. The number of nitrogens with two attached hydrogens (primary N) is 1. The highest BCUT2D eigenvalue weighted by atomic mass is 16.1. The van der Waals surface area contributed by atoms with Gasteiger partial charge in [-0.1, -0.05) is 6.92 Å². The molecule has 0 aromatic heterocycles. The number of hydrogen-bond donors (Lipinski definition) is 1. The van der Waals surface area contributed by atoms with Crippen LogP contribution in [0.15, 0.2) is 0 Å². The molecule has 3 heteroatoms. The van der Waals surface area contributed by atoms with Gasteiger partial charge in [-0.05, 0) is 19.8 Å². The van der Waals surface area contributed by atoms with Crippen LogP contribution < -0.4 is 5.73 Å². The van der Waals surface area contributed by atoms with Crippen molar-refractivity contribution in [3.8, 4) is 0 Å². The molecule has 1 unspecified atom stereocenters. The number of Topliss-reactive ketones (excluding diaryl/α,β-unsaturated/α-hetero) is 1. The Bertz CT molecular complexity index is 154. The summed E-state index contributed by atoms with van der Waals surface area (Å²) < 4.78 is 0. The Hall–Kier alpha value is -0.860. The summed E-state index contributed by atoms with van der Waals surface area (Å²) in [6.07, 6.45) is 1.87. The van der Waals surface area contributed by atoms with Gasteiger partial charge in [0, 0.05) is 12.3 Å². The summed E-state index contributed by atoms with van der Waals surface area (Å²) in [5.74, 6) is -0.0513. The first-order valence-corrected chi connectivity index (χ1v) is 3.82. The second-order valence-corrected chi connectivity index (χ2v) is 2.87. The van der Waals surface area contributed by atoms with E-state index >= 15 is 0 Å². The summed E-state index contributed by atoms with van der Waals surface area (Å²) in [4.78, 5) is 21.0. The highest BCUT2D eigenvalue weighted by molar-refractivity contribution is 5.78. The largest absolute Gasteiger partial charge is 0.370 e. The number of ketones is 1. The van der Waals surface area contributed by atoms with Gasteiger partial charge in [0.15, 0.2) is 0 Å². The molecule has 0 radical (unpaired) electrons. The van der Waals surface area contributed by atoms with Crippen LogP contribution >= 0.6 is 0 Å². The van der Waals surface area contributed by atoms with E-state index < -0.39 is 0 Å². The highest BCUT2D eigenvalue weighted by Crippen LogP contribution is 2.07. The van der Waals surface area contributed by atoms with Crippen LogP contribution in [-0.2, 0) is 9.59 Å². The molecule has 0 aliphatic rings. The lowest BCUT2D eigenvalue weighted by molar-refractivity contribution is -0.121. The summed E-state index contributed by atoms with van der Waals surface area (Å²) in [5, 5.41) is 0. The van der Waals surface area contributed by atoms with Gasteiger partial charge in [-0.25, -0.2) is 0 Å². The van der Waals surface area contributed by atoms with E-state index in [4.69, 9.17) is 5.73 Å². The van der Waals surface area contributed by atoms with Gasteiger partial charge in [0.25, 0.3) is 0 Å². The number of hydrogen-bond acceptors (Lipinski definition) is 2. The molecule has 1 amide bonds. The molecule has 0 fully saturated rings. The number of amides is 1. The van der Waals surface area contributed by atoms with E-state index in [0.717, 1.165) is 12.8 Å². The van der Waals surface area contributed by atoms with Gasteiger partial charge in [-0.3, -0.25) is 9.59 Å². The van der Waals surface area contributed by atoms with Gasteiger partial charge in [0.1, 0.15) is 5.78 Å². The fourth-order valence-electron chi connectivity index (χ4n) is 0.786. The summed E-state index contributed by atoms with van der Waals surface area (Å²) in [7, 11) is 0. The van der Waals surface area contributed by atoms with E-state index in [1.807, 2.05) is 6.92 Å². The van der Waals surface area contributed by atoms with Gasteiger partial charge in [0.2, 0.25) is 5.91 Å². The van der Waals surface area contributed by atoms with E-state index in [0.29, 0.717) is 6.42 Å². The maximum Gasteiger partial charge on any atom is 0.217 e. The molecule has 0 bridgehead atoms. The molecule has 0 spiro atoms. The van der Waals surface area contributed by atoms with Crippen molar-refractivity contribution in [2.45, 2.75) is 33.1 Å². The van der Waals surface area contributed by atoms with Gasteiger partial charge in [-0.15, -0.1) is 0 Å². The Balaban J connectivity index is 3.39. The Morgan fingerprint density at radius 2 is 2.00 bits per heavy atom. The minimum absolute atomic E-state index is 0.0642. The molecule has 0 rings (SSSR count). The van der Waals surface area contributed by atoms with E-state index in [1.165, 1.54) is 0 Å². The number of carbonyl (C=O) groups excluding carboxylic acids is 2. The van der Waals surface area contributed by atoms with Crippen molar-refractivity contribution in [2.24, 2.45) is 11.7 Å². The fraction of sp³-hybridized carbons (Fsp3) is 0.750. The van der Waals surface area contributed by atoms with E-state index in [-0.39, 0.29) is 17.6 Å². The molecular formula is C8H15NO2. The minimum atomic E-state index is -0.291. The Morgan fingerprint density at radius 1 is 1.45 bits per heavy atom. The molecule has 11 heavy (non-hydrogen) atoms. The van der Waals surface area contributed by atoms with Crippen molar-refractivity contribution in [1.82, 2.24) is 0 Å². The number of rotatable bonds is 5. The second-order valence-electron chi connectivity index (χ2n) is 2.87. The second kappa shape index (κ2) is 4.88. The summed E-state index contributed by atoms with van der Waals surface area (Å²) in [6, 6.07) is 0. The van der Waals surface area contributed by atoms with E-state index in [2.05, 4.69) is 0 Å². The third kappa shape index (κ3) is 5.58. The van der Waals surface area contributed by atoms with Gasteiger partial charge in [0.05, 0.1) is 0 Å². The first-order valence-electron chi connectivity index (χ1n) is 3.82. The molecule has 3 nitrogen and oxygen atoms in total. The smallest absolute Gasteiger partial charge is 0.217 e. The zero-order valence-corrected chi connectivity index (χ0v) is 7.09. The zero-order valence-electron chi connectivity index (χ0n) is 7.09. The molecule has 0 saturated carbocycles. The third-order valence-electron chi connectivity index (χ3n) is 1.75. The lowest BCUT2D eigenvalue weighted by atomic mass is 10.0. The first-order chi connectivity index (χ1) is 5.04. The van der Waals surface area contributed by atoms with Crippen LogP contribution in [0, 0.1) is 5.92 Å². The van der Waals surface area contributed by atoms with Crippen LogP contribution in [0.2, 0.25) is 0 Å². The van der Waals surface area contributed by atoms with Crippen LogP contribution in [0.25, 0.3) is 0 Å². The summed E-state index contributed by atoms with van der Waals surface area (Å²) in [5.41, 5.74) is 4.93. The Kier molecular flexibility index (Phi) is 4.50. The summed E-state index contributed by atoms with van der Waals surface area (Å²) in [6.45, 7) is 3.43. The normalized spacial score (nSPS) is 12.5. The predicted octanol–water partition coefficient (Wildman–Crippen LogP) is 0.867. The van der Waals surface area contributed by atoms with Crippen molar-refractivity contribution < 1.29 is 9.59 Å². The molecular weight excluding hydrogens is 142 g/mol. The van der Waals surface area contributed by atoms with Gasteiger partial charge in [-0.2, -0.15) is 0 Å². The lowest BCUT2D eigenvalue weighted by Gasteiger charge is -2.04. The quantitative estimate of drug-likeness (QED) is 0.643. The predicted molar refractivity (Wildman–Crippen MR) is 42.9 cm³/mol. The number of carbonyl (C=O) groups is 2. The molecule has 0 aliphatic heterocycles. The number of primary amides is 1. The Labute approximate surface area is 67.0 Å². The van der Waals surface area contributed by atoms with Crippen LogP contribution in [0.1, 0.15) is 33.1 Å². The molecule has 2 N–H and O–H groups in total. The maximum atomic E-state index is 10.7. The van der Waals surface area contributed by atoms with Crippen LogP contribution in [0.4, 0.5) is 0 Å². The van der Waals surface area contributed by atoms with Crippen molar-refractivity contribution in [3.05, 3.63) is 0 Å². The van der Waals surface area contributed by atoms with Crippen molar-refractivity contribution in [1.29, 1.82) is 0 Å². The third-order valence-corrected chi connectivity index (χ3v) is 1.75. The molecule has 0 aromatic carbocycles. The molecule has 1 atom stereocenters. The molecule has 64 valence electrons. The summed E-state index contributed by atoms with van der Waals surface area (Å²) >= 11 is 0. The SMILES string of the molecule is CC(=O)C(C)CCCC(N)=O. The van der Waals surface area contributed by atoms with Crippen molar-refractivity contribution in [2.75, 3.05) is 0 Å². The van der Waals surface area contributed by atoms with Crippen LogP contribution in [-0.4, -0.2) is 11.7 Å². The maximum absolute atomic E-state index is 10.7.